The Bertz CT molecular complexity index is 325. The highest BCUT2D eigenvalue weighted by Crippen LogP contribution is 2.19. The van der Waals surface area contributed by atoms with Crippen LogP contribution in [0.4, 0.5) is 0 Å². The number of hydrogen-bond acceptors (Lipinski definition) is 3. The maximum Gasteiger partial charge on any atom is 0.191 e. The van der Waals surface area contributed by atoms with Crippen molar-refractivity contribution in [1.29, 1.82) is 0 Å². The van der Waals surface area contributed by atoms with Gasteiger partial charge in [0.2, 0.25) is 0 Å². The van der Waals surface area contributed by atoms with Crippen LogP contribution in [-0.4, -0.2) is 61.3 Å². The molecule has 0 amide bonds. The first-order valence-electron chi connectivity index (χ1n) is 7.88. The Hall–Kier alpha value is -0.810. The van der Waals surface area contributed by atoms with E-state index in [0.717, 1.165) is 38.8 Å². The van der Waals surface area contributed by atoms with Crippen LogP contribution in [-0.2, 0) is 4.74 Å². The van der Waals surface area contributed by atoms with Crippen LogP contribution in [0.15, 0.2) is 4.99 Å². The van der Waals surface area contributed by atoms with Crippen molar-refractivity contribution >= 4 is 5.96 Å². The number of ether oxygens (including phenoxy) is 1. The summed E-state index contributed by atoms with van der Waals surface area (Å²) in [5.74, 6) is 0.962. The first-order valence-corrected chi connectivity index (χ1v) is 7.88. The summed E-state index contributed by atoms with van der Waals surface area (Å²) in [6, 6.07) is 1.04. The molecule has 0 radical (unpaired) electrons. The van der Waals surface area contributed by atoms with Crippen molar-refractivity contribution in [1.82, 2.24) is 15.5 Å². The van der Waals surface area contributed by atoms with Gasteiger partial charge in [-0.2, -0.15) is 0 Å². The fraction of sp³-hybridized carbons (Fsp3) is 0.933. The van der Waals surface area contributed by atoms with Crippen LogP contribution in [0.5, 0.6) is 0 Å². The molecule has 116 valence electrons. The molecule has 0 atom stereocenters. The van der Waals surface area contributed by atoms with Crippen molar-refractivity contribution in [2.75, 3.05) is 32.8 Å². The lowest BCUT2D eigenvalue weighted by Gasteiger charge is -2.40. The van der Waals surface area contributed by atoms with Gasteiger partial charge in [0.15, 0.2) is 5.96 Å². The molecule has 0 aromatic rings. The number of morpholine rings is 1. The molecule has 0 unspecified atom stereocenters. The van der Waals surface area contributed by atoms with Gasteiger partial charge in [-0.1, -0.05) is 0 Å². The van der Waals surface area contributed by atoms with E-state index in [0.29, 0.717) is 12.1 Å². The minimum absolute atomic E-state index is 0.0823. The molecule has 2 rings (SSSR count). The lowest BCUT2D eigenvalue weighted by molar-refractivity contribution is -0.00684. The van der Waals surface area contributed by atoms with E-state index in [1.807, 2.05) is 0 Å². The summed E-state index contributed by atoms with van der Waals surface area (Å²) in [5.41, 5.74) is 0.0823. The Kier molecular flexibility index (Phi) is 5.27. The lowest BCUT2D eigenvalue weighted by Crippen LogP contribution is -2.52. The van der Waals surface area contributed by atoms with Crippen molar-refractivity contribution in [2.45, 2.75) is 58.2 Å². The van der Waals surface area contributed by atoms with Crippen LogP contribution in [0, 0.1) is 0 Å². The van der Waals surface area contributed by atoms with Gasteiger partial charge in [0, 0.05) is 30.7 Å². The third-order valence-electron chi connectivity index (χ3n) is 3.83. The summed E-state index contributed by atoms with van der Waals surface area (Å²) in [5, 5.41) is 6.92. The standard InChI is InChI=1S/C15H30N4O/c1-12(2)17-14(18-13-5-6-13)16-11-15(3,4)19-7-9-20-10-8-19/h12-13H,5-11H2,1-4H3,(H2,16,17,18). The van der Waals surface area contributed by atoms with Gasteiger partial charge in [-0.15, -0.1) is 0 Å². The molecule has 2 fully saturated rings. The number of guanidine groups is 1. The summed E-state index contributed by atoms with van der Waals surface area (Å²) in [6.07, 6.45) is 2.54. The Morgan fingerprint density at radius 1 is 1.30 bits per heavy atom. The molecular formula is C15H30N4O. The molecular weight excluding hydrogens is 252 g/mol. The van der Waals surface area contributed by atoms with E-state index in [1.54, 1.807) is 0 Å². The van der Waals surface area contributed by atoms with Crippen molar-refractivity contribution in [3.63, 3.8) is 0 Å². The molecule has 1 aliphatic carbocycles. The van der Waals surface area contributed by atoms with Crippen molar-refractivity contribution in [3.8, 4) is 0 Å². The van der Waals surface area contributed by atoms with Gasteiger partial charge in [0.25, 0.3) is 0 Å². The lowest BCUT2D eigenvalue weighted by atomic mass is 10.0. The zero-order valence-corrected chi connectivity index (χ0v) is 13.4. The molecule has 2 N–H and O–H groups in total. The Balaban J connectivity index is 1.91. The minimum Gasteiger partial charge on any atom is -0.379 e. The van der Waals surface area contributed by atoms with Gasteiger partial charge >= 0.3 is 0 Å². The van der Waals surface area contributed by atoms with Gasteiger partial charge in [-0.05, 0) is 40.5 Å². The van der Waals surface area contributed by atoms with Crippen molar-refractivity contribution < 1.29 is 4.74 Å². The van der Waals surface area contributed by atoms with Crippen LogP contribution in [0.3, 0.4) is 0 Å². The smallest absolute Gasteiger partial charge is 0.191 e. The van der Waals surface area contributed by atoms with Gasteiger partial charge < -0.3 is 15.4 Å². The second-order valence-electron chi connectivity index (χ2n) is 6.79. The number of nitrogens with zero attached hydrogens (tertiary/aromatic N) is 2. The Morgan fingerprint density at radius 3 is 2.50 bits per heavy atom. The fourth-order valence-corrected chi connectivity index (χ4v) is 2.37. The molecule has 1 heterocycles. The minimum atomic E-state index is 0.0823. The number of nitrogens with one attached hydrogen (secondary N) is 2. The van der Waals surface area contributed by atoms with E-state index in [4.69, 9.17) is 9.73 Å². The summed E-state index contributed by atoms with van der Waals surface area (Å²) >= 11 is 0. The highest BCUT2D eigenvalue weighted by molar-refractivity contribution is 5.80. The molecule has 1 saturated carbocycles. The van der Waals surface area contributed by atoms with E-state index in [9.17, 15) is 0 Å². The van der Waals surface area contributed by atoms with E-state index in [1.165, 1.54) is 12.8 Å². The fourth-order valence-electron chi connectivity index (χ4n) is 2.37. The highest BCUT2D eigenvalue weighted by atomic mass is 16.5. The topological polar surface area (TPSA) is 48.9 Å². The van der Waals surface area contributed by atoms with Crippen molar-refractivity contribution in [2.24, 2.45) is 4.99 Å². The first kappa shape index (κ1) is 15.6. The van der Waals surface area contributed by atoms with Crippen LogP contribution in [0.2, 0.25) is 0 Å². The Morgan fingerprint density at radius 2 is 1.95 bits per heavy atom. The van der Waals surface area contributed by atoms with E-state index in [2.05, 4.69) is 43.2 Å². The predicted molar refractivity (Wildman–Crippen MR) is 83.2 cm³/mol. The van der Waals surface area contributed by atoms with Gasteiger partial charge in [0.1, 0.15) is 0 Å². The molecule has 5 nitrogen and oxygen atoms in total. The maximum atomic E-state index is 5.43. The Labute approximate surface area is 123 Å². The SMILES string of the molecule is CC(C)NC(=NCC(C)(C)N1CCOCC1)NC1CC1. The largest absolute Gasteiger partial charge is 0.379 e. The molecule has 2 aliphatic rings. The number of hydrogen-bond donors (Lipinski definition) is 2. The number of rotatable bonds is 5. The molecule has 5 heteroatoms. The van der Waals surface area contributed by atoms with Gasteiger partial charge in [-0.25, -0.2) is 0 Å². The average Bonchev–Trinajstić information content (AvgIpc) is 3.20. The second-order valence-corrected chi connectivity index (χ2v) is 6.79. The summed E-state index contributed by atoms with van der Waals surface area (Å²) in [4.78, 5) is 7.28. The maximum absolute atomic E-state index is 5.43. The van der Waals surface area contributed by atoms with Gasteiger partial charge in [0.05, 0.1) is 19.8 Å². The normalized spacial score (nSPS) is 22.1. The van der Waals surface area contributed by atoms with Crippen molar-refractivity contribution in [3.05, 3.63) is 0 Å². The van der Waals surface area contributed by atoms with Crippen LogP contribution in [0.1, 0.15) is 40.5 Å². The van der Waals surface area contributed by atoms with E-state index < -0.39 is 0 Å². The molecule has 0 aromatic carbocycles. The molecule has 0 aromatic heterocycles. The van der Waals surface area contributed by atoms with Crippen LogP contribution < -0.4 is 10.6 Å². The summed E-state index contributed by atoms with van der Waals surface area (Å²) < 4.78 is 5.43. The zero-order valence-electron chi connectivity index (χ0n) is 13.4. The predicted octanol–water partition coefficient (Wildman–Crippen LogP) is 1.20. The van der Waals surface area contributed by atoms with Crippen LogP contribution in [0.25, 0.3) is 0 Å². The highest BCUT2D eigenvalue weighted by Gasteiger charge is 2.28. The van der Waals surface area contributed by atoms with E-state index >= 15 is 0 Å². The summed E-state index contributed by atoms with van der Waals surface area (Å²) in [7, 11) is 0. The number of aliphatic imine (C=N–C) groups is 1. The molecule has 1 saturated heterocycles. The molecule has 1 aliphatic heterocycles. The molecule has 0 spiro atoms. The monoisotopic (exact) mass is 282 g/mol. The van der Waals surface area contributed by atoms with Crippen LogP contribution >= 0.6 is 0 Å². The second kappa shape index (κ2) is 6.76. The quantitative estimate of drug-likeness (QED) is 0.588. The zero-order chi connectivity index (χ0) is 14.6. The van der Waals surface area contributed by atoms with E-state index in [-0.39, 0.29) is 5.54 Å². The third-order valence-corrected chi connectivity index (χ3v) is 3.83. The first-order chi connectivity index (χ1) is 9.47. The summed E-state index contributed by atoms with van der Waals surface area (Å²) in [6.45, 7) is 13.3. The average molecular weight is 282 g/mol. The molecule has 0 bridgehead atoms. The molecule has 20 heavy (non-hydrogen) atoms. The third kappa shape index (κ3) is 4.94. The van der Waals surface area contributed by atoms with Gasteiger partial charge in [-0.3, -0.25) is 9.89 Å².